The van der Waals surface area contributed by atoms with Crippen LogP contribution in [0.25, 0.3) is 0 Å². The van der Waals surface area contributed by atoms with Crippen molar-refractivity contribution in [3.63, 3.8) is 0 Å². The van der Waals surface area contributed by atoms with Crippen LogP contribution in [0, 0.1) is 5.41 Å². The fraction of sp³-hybridized carbons (Fsp3) is 0.632. The van der Waals surface area contributed by atoms with Crippen LogP contribution in [0.15, 0.2) is 30.3 Å². The van der Waals surface area contributed by atoms with Crippen LogP contribution in [0.4, 0.5) is 0 Å². The van der Waals surface area contributed by atoms with Gasteiger partial charge in [-0.3, -0.25) is 4.79 Å². The smallest absolute Gasteiger partial charge is 0.222 e. The average Bonchev–Trinajstić information content (AvgIpc) is 2.64. The predicted molar refractivity (Wildman–Crippen MR) is 98.7 cm³/mol. The first-order chi connectivity index (χ1) is 11.9. The first-order valence-electron chi connectivity index (χ1n) is 9.24. The lowest BCUT2D eigenvalue weighted by molar-refractivity contribution is -0.138. The zero-order valence-corrected chi connectivity index (χ0v) is 15.8. The number of carbonyl (C=O) groups excluding carboxylic acids is 1. The maximum Gasteiger partial charge on any atom is 0.222 e. The van der Waals surface area contributed by atoms with Gasteiger partial charge in [-0.1, -0.05) is 30.3 Å². The van der Waals surface area contributed by atoms with E-state index in [2.05, 4.69) is 12.1 Å². The Bertz CT molecular complexity index is 705. The van der Waals surface area contributed by atoms with Crippen LogP contribution in [0.1, 0.15) is 38.2 Å². The summed E-state index contributed by atoms with van der Waals surface area (Å²) < 4.78 is 26.2. The zero-order valence-electron chi connectivity index (χ0n) is 15.0. The van der Waals surface area contributed by atoms with E-state index in [9.17, 15) is 13.2 Å². The molecule has 1 spiro atoms. The standard InChI is InChI=1S/C19H28N2O3S/c1-2-25(23,24)21-13-6-11-19(16-21)12-9-18(22)20(15-19)14-10-17-7-4-3-5-8-17/h3-5,7-8H,2,6,9-16H2,1H3. The quantitative estimate of drug-likeness (QED) is 0.805. The van der Waals surface area contributed by atoms with Crippen LogP contribution in [0.5, 0.6) is 0 Å². The predicted octanol–water partition coefficient (Wildman–Crippen LogP) is 2.28. The molecule has 0 saturated carbocycles. The highest BCUT2D eigenvalue weighted by Gasteiger charge is 2.43. The van der Waals surface area contributed by atoms with E-state index in [-0.39, 0.29) is 17.1 Å². The zero-order chi connectivity index (χ0) is 17.9. The minimum absolute atomic E-state index is 0.0644. The molecule has 25 heavy (non-hydrogen) atoms. The fourth-order valence-electron chi connectivity index (χ4n) is 4.13. The van der Waals surface area contributed by atoms with Gasteiger partial charge in [0.2, 0.25) is 15.9 Å². The molecule has 0 aromatic heterocycles. The lowest BCUT2D eigenvalue weighted by Crippen LogP contribution is -2.55. The summed E-state index contributed by atoms with van der Waals surface area (Å²) in [5.41, 5.74) is 1.17. The van der Waals surface area contributed by atoms with Gasteiger partial charge in [-0.2, -0.15) is 0 Å². The summed E-state index contributed by atoms with van der Waals surface area (Å²) in [4.78, 5) is 14.3. The van der Waals surface area contributed by atoms with Crippen LogP contribution >= 0.6 is 0 Å². The second-order valence-electron chi connectivity index (χ2n) is 7.39. The molecule has 1 amide bonds. The van der Waals surface area contributed by atoms with Crippen LogP contribution in [0.3, 0.4) is 0 Å². The number of benzene rings is 1. The third-order valence-corrected chi connectivity index (χ3v) is 7.47. The van der Waals surface area contributed by atoms with E-state index in [1.807, 2.05) is 23.1 Å². The van der Waals surface area contributed by atoms with E-state index >= 15 is 0 Å². The Kier molecular flexibility index (Phi) is 5.49. The average molecular weight is 365 g/mol. The van der Waals surface area contributed by atoms with Gasteiger partial charge in [0.1, 0.15) is 0 Å². The number of hydrogen-bond acceptors (Lipinski definition) is 3. The molecule has 2 saturated heterocycles. The number of amides is 1. The summed E-state index contributed by atoms with van der Waals surface area (Å²) in [6.45, 7) is 4.29. The van der Waals surface area contributed by atoms with E-state index in [1.165, 1.54) is 5.56 Å². The van der Waals surface area contributed by atoms with Gasteiger partial charge in [-0.15, -0.1) is 0 Å². The largest absolute Gasteiger partial charge is 0.342 e. The third-order valence-electron chi connectivity index (χ3n) is 5.65. The number of sulfonamides is 1. The first-order valence-corrected chi connectivity index (χ1v) is 10.8. The topological polar surface area (TPSA) is 57.7 Å². The SMILES string of the molecule is CCS(=O)(=O)N1CCCC2(CCC(=O)N(CCc3ccccc3)C2)C1. The van der Waals surface area contributed by atoms with E-state index in [4.69, 9.17) is 0 Å². The Morgan fingerprint density at radius 1 is 1.12 bits per heavy atom. The van der Waals surface area contributed by atoms with Gasteiger partial charge in [-0.25, -0.2) is 12.7 Å². The minimum atomic E-state index is -3.15. The summed E-state index contributed by atoms with van der Waals surface area (Å²) in [6, 6.07) is 10.2. The number of nitrogens with zero attached hydrogens (tertiary/aromatic N) is 2. The van der Waals surface area contributed by atoms with Crippen LogP contribution in [-0.4, -0.2) is 55.5 Å². The van der Waals surface area contributed by atoms with Crippen molar-refractivity contribution in [2.45, 2.75) is 39.0 Å². The molecule has 1 unspecified atom stereocenters. The molecule has 0 bridgehead atoms. The molecule has 5 nitrogen and oxygen atoms in total. The molecule has 1 aromatic rings. The van der Waals surface area contributed by atoms with Crippen LogP contribution in [0.2, 0.25) is 0 Å². The number of hydrogen-bond donors (Lipinski definition) is 0. The monoisotopic (exact) mass is 364 g/mol. The van der Waals surface area contributed by atoms with Crippen molar-refractivity contribution < 1.29 is 13.2 Å². The summed E-state index contributed by atoms with van der Waals surface area (Å²) >= 11 is 0. The van der Waals surface area contributed by atoms with Crippen molar-refractivity contribution in [3.05, 3.63) is 35.9 Å². The Hall–Kier alpha value is -1.40. The molecule has 0 N–H and O–H groups in total. The van der Waals surface area contributed by atoms with E-state index in [0.717, 1.165) is 25.7 Å². The molecular weight excluding hydrogens is 336 g/mol. The molecule has 0 radical (unpaired) electrons. The number of carbonyl (C=O) groups is 1. The van der Waals surface area contributed by atoms with Crippen molar-refractivity contribution in [1.82, 2.24) is 9.21 Å². The van der Waals surface area contributed by atoms with E-state index < -0.39 is 10.0 Å². The lowest BCUT2D eigenvalue weighted by Gasteiger charge is -2.47. The van der Waals surface area contributed by atoms with E-state index in [0.29, 0.717) is 32.6 Å². The maximum absolute atomic E-state index is 12.4. The molecule has 2 aliphatic heterocycles. The number of likely N-dealkylation sites (tertiary alicyclic amines) is 1. The van der Waals surface area contributed by atoms with Gasteiger partial charge in [0.25, 0.3) is 0 Å². The minimum Gasteiger partial charge on any atom is -0.342 e. The third kappa shape index (κ3) is 4.23. The number of rotatable bonds is 5. The van der Waals surface area contributed by atoms with Gasteiger partial charge in [-0.05, 0) is 38.2 Å². The molecule has 0 aliphatic carbocycles. The van der Waals surface area contributed by atoms with Crippen molar-refractivity contribution in [3.8, 4) is 0 Å². The van der Waals surface area contributed by atoms with Gasteiger partial charge >= 0.3 is 0 Å². The number of piperidine rings is 2. The molecule has 138 valence electrons. The second kappa shape index (κ2) is 7.46. The summed E-state index contributed by atoms with van der Waals surface area (Å²) in [5, 5.41) is 0. The normalized spacial score (nSPS) is 25.5. The second-order valence-corrected chi connectivity index (χ2v) is 9.65. The highest BCUT2D eigenvalue weighted by Crippen LogP contribution is 2.39. The summed E-state index contributed by atoms with van der Waals surface area (Å²) in [6.07, 6.45) is 4.09. The summed E-state index contributed by atoms with van der Waals surface area (Å²) in [7, 11) is -3.15. The Labute approximate surface area is 151 Å². The van der Waals surface area contributed by atoms with Crippen LogP contribution in [-0.2, 0) is 21.2 Å². The molecule has 2 heterocycles. The molecule has 1 atom stereocenters. The molecule has 6 heteroatoms. The van der Waals surface area contributed by atoms with Crippen LogP contribution < -0.4 is 0 Å². The van der Waals surface area contributed by atoms with Gasteiger partial charge in [0, 0.05) is 38.0 Å². The van der Waals surface area contributed by atoms with Gasteiger partial charge in [0.15, 0.2) is 0 Å². The van der Waals surface area contributed by atoms with Crippen molar-refractivity contribution in [2.24, 2.45) is 5.41 Å². The Morgan fingerprint density at radius 2 is 1.88 bits per heavy atom. The fourth-order valence-corrected chi connectivity index (χ4v) is 5.37. The van der Waals surface area contributed by atoms with Crippen molar-refractivity contribution in [1.29, 1.82) is 0 Å². The first kappa shape index (κ1) is 18.4. The van der Waals surface area contributed by atoms with Gasteiger partial charge in [0.05, 0.1) is 5.75 Å². The molecular formula is C19H28N2O3S. The highest BCUT2D eigenvalue weighted by atomic mass is 32.2. The van der Waals surface area contributed by atoms with Crippen molar-refractivity contribution >= 4 is 15.9 Å². The highest BCUT2D eigenvalue weighted by molar-refractivity contribution is 7.89. The van der Waals surface area contributed by atoms with E-state index in [1.54, 1.807) is 11.2 Å². The Balaban J connectivity index is 1.67. The van der Waals surface area contributed by atoms with Gasteiger partial charge < -0.3 is 4.90 Å². The maximum atomic E-state index is 12.4. The Morgan fingerprint density at radius 3 is 2.60 bits per heavy atom. The molecule has 1 aromatic carbocycles. The molecule has 2 fully saturated rings. The lowest BCUT2D eigenvalue weighted by atomic mass is 9.74. The molecule has 2 aliphatic rings. The molecule has 3 rings (SSSR count). The van der Waals surface area contributed by atoms with Crippen molar-refractivity contribution in [2.75, 3.05) is 31.9 Å². The summed E-state index contributed by atoms with van der Waals surface area (Å²) in [5.74, 6) is 0.358.